The van der Waals surface area contributed by atoms with Gasteiger partial charge in [0.1, 0.15) is 0 Å². The number of hydrogen-bond acceptors (Lipinski definition) is 4. The van der Waals surface area contributed by atoms with Gasteiger partial charge in [-0.05, 0) is 17.7 Å². The van der Waals surface area contributed by atoms with Crippen LogP contribution < -0.4 is 10.6 Å². The van der Waals surface area contributed by atoms with Crippen LogP contribution in [0.15, 0.2) is 60.7 Å². The first-order valence-corrected chi connectivity index (χ1v) is 10.3. The summed E-state index contributed by atoms with van der Waals surface area (Å²) in [5.74, 6) is -0.796. The minimum Gasteiger partial charge on any atom is -0.465 e. The number of amides is 3. The second kappa shape index (κ2) is 10.6. The highest BCUT2D eigenvalue weighted by atomic mass is 16.4. The van der Waals surface area contributed by atoms with Crippen molar-refractivity contribution in [3.05, 3.63) is 66.2 Å². The molecule has 0 radical (unpaired) electrons. The van der Waals surface area contributed by atoms with Gasteiger partial charge < -0.3 is 20.6 Å². The number of nitrogens with two attached hydrogens (primary N) is 1. The Balaban J connectivity index is 1.78. The number of para-hydroxylation sites is 1. The smallest absolute Gasteiger partial charge is 0.407 e. The van der Waals surface area contributed by atoms with Gasteiger partial charge in [-0.15, -0.1) is 0 Å². The molecule has 1 heterocycles. The van der Waals surface area contributed by atoms with E-state index in [0.717, 1.165) is 5.56 Å². The molecule has 0 bridgehead atoms. The van der Waals surface area contributed by atoms with E-state index in [4.69, 9.17) is 5.73 Å². The Bertz CT molecular complexity index is 891. The van der Waals surface area contributed by atoms with Crippen LogP contribution in [0.4, 0.5) is 10.5 Å². The Morgan fingerprint density at radius 2 is 1.61 bits per heavy atom. The lowest BCUT2D eigenvalue weighted by Crippen LogP contribution is -2.58. The molecule has 0 saturated carbocycles. The minimum atomic E-state index is -0.998. The SMILES string of the molecule is NC(=O)CCC(=O)N(C[C@@H]1CN(Cc2ccccc2)CCN1C(=O)O)c1ccccc1. The lowest BCUT2D eigenvalue weighted by molar-refractivity contribution is -0.123. The molecule has 8 heteroatoms. The van der Waals surface area contributed by atoms with Gasteiger partial charge in [0.05, 0.1) is 6.04 Å². The normalized spacial score (nSPS) is 16.6. The number of benzene rings is 2. The molecule has 1 aliphatic rings. The summed E-state index contributed by atoms with van der Waals surface area (Å²) in [6.45, 7) is 2.42. The molecule has 0 unspecified atom stereocenters. The third kappa shape index (κ3) is 6.29. The second-order valence-corrected chi connectivity index (χ2v) is 7.66. The first-order valence-electron chi connectivity index (χ1n) is 10.3. The molecule has 3 amide bonds. The molecule has 0 aliphatic carbocycles. The zero-order valence-corrected chi connectivity index (χ0v) is 17.4. The Labute approximate surface area is 181 Å². The van der Waals surface area contributed by atoms with E-state index >= 15 is 0 Å². The number of hydrogen-bond donors (Lipinski definition) is 2. The van der Waals surface area contributed by atoms with Gasteiger partial charge in [-0.3, -0.25) is 14.5 Å². The van der Waals surface area contributed by atoms with Gasteiger partial charge in [0.25, 0.3) is 0 Å². The fourth-order valence-electron chi connectivity index (χ4n) is 3.85. The maximum atomic E-state index is 12.9. The number of piperazine rings is 1. The zero-order valence-electron chi connectivity index (χ0n) is 17.4. The van der Waals surface area contributed by atoms with Crippen molar-refractivity contribution in [2.24, 2.45) is 5.73 Å². The van der Waals surface area contributed by atoms with E-state index in [1.165, 1.54) is 4.90 Å². The minimum absolute atomic E-state index is 0.0161. The van der Waals surface area contributed by atoms with Gasteiger partial charge in [0.15, 0.2) is 0 Å². The predicted octanol–water partition coefficient (Wildman–Crippen LogP) is 2.15. The first-order chi connectivity index (χ1) is 14.9. The molecule has 8 nitrogen and oxygen atoms in total. The van der Waals surface area contributed by atoms with E-state index in [1.54, 1.807) is 17.0 Å². The molecular weight excluding hydrogens is 396 g/mol. The van der Waals surface area contributed by atoms with Crippen molar-refractivity contribution >= 4 is 23.6 Å². The second-order valence-electron chi connectivity index (χ2n) is 7.66. The van der Waals surface area contributed by atoms with Crippen LogP contribution in [0.2, 0.25) is 0 Å². The van der Waals surface area contributed by atoms with Crippen LogP contribution in [-0.2, 0) is 16.1 Å². The average molecular weight is 425 g/mol. The van der Waals surface area contributed by atoms with E-state index in [1.807, 2.05) is 48.5 Å². The summed E-state index contributed by atoms with van der Waals surface area (Å²) in [6.07, 6.45) is -1.06. The van der Waals surface area contributed by atoms with Crippen molar-refractivity contribution in [1.82, 2.24) is 9.80 Å². The third-order valence-electron chi connectivity index (χ3n) is 5.41. The van der Waals surface area contributed by atoms with Crippen LogP contribution in [0, 0.1) is 0 Å². The van der Waals surface area contributed by atoms with Gasteiger partial charge in [0.2, 0.25) is 11.8 Å². The van der Waals surface area contributed by atoms with Gasteiger partial charge in [0, 0.05) is 51.3 Å². The van der Waals surface area contributed by atoms with Crippen LogP contribution in [0.1, 0.15) is 18.4 Å². The summed E-state index contributed by atoms with van der Waals surface area (Å²) in [6, 6.07) is 18.7. The van der Waals surface area contributed by atoms with Gasteiger partial charge in [-0.2, -0.15) is 0 Å². The topological polar surface area (TPSA) is 107 Å². The largest absolute Gasteiger partial charge is 0.465 e. The van der Waals surface area contributed by atoms with E-state index in [2.05, 4.69) is 4.90 Å². The first kappa shape index (κ1) is 22.3. The highest BCUT2D eigenvalue weighted by molar-refractivity contribution is 5.95. The van der Waals surface area contributed by atoms with Gasteiger partial charge >= 0.3 is 6.09 Å². The van der Waals surface area contributed by atoms with E-state index in [9.17, 15) is 19.5 Å². The zero-order chi connectivity index (χ0) is 22.2. The monoisotopic (exact) mass is 424 g/mol. The summed E-state index contributed by atoms with van der Waals surface area (Å²) in [7, 11) is 0. The summed E-state index contributed by atoms with van der Waals surface area (Å²) in [4.78, 5) is 41.1. The number of carboxylic acid groups (broad SMARTS) is 1. The lowest BCUT2D eigenvalue weighted by atomic mass is 10.1. The summed E-state index contributed by atoms with van der Waals surface area (Å²) in [5, 5.41) is 9.73. The van der Waals surface area contributed by atoms with Crippen molar-refractivity contribution in [1.29, 1.82) is 0 Å². The molecule has 0 aromatic heterocycles. The Kier molecular flexibility index (Phi) is 7.61. The Morgan fingerprint density at radius 1 is 0.968 bits per heavy atom. The molecule has 3 N–H and O–H groups in total. The van der Waals surface area contributed by atoms with Crippen LogP contribution >= 0.6 is 0 Å². The standard InChI is InChI=1S/C23H28N4O4/c24-21(28)11-12-22(29)27(19-9-5-2-6-10-19)17-20-16-25(13-14-26(20)23(30)31)15-18-7-3-1-4-8-18/h1-10,20H,11-17H2,(H2,24,28)(H,30,31)/t20-/m0/s1. The quantitative estimate of drug-likeness (QED) is 0.675. The van der Waals surface area contributed by atoms with Crippen LogP contribution in [0.25, 0.3) is 0 Å². The summed E-state index contributed by atoms with van der Waals surface area (Å²) >= 11 is 0. The number of carbonyl (C=O) groups is 3. The van der Waals surface area contributed by atoms with Gasteiger partial charge in [-0.1, -0.05) is 48.5 Å². The Morgan fingerprint density at radius 3 is 2.23 bits per heavy atom. The highest BCUT2D eigenvalue weighted by Crippen LogP contribution is 2.20. The predicted molar refractivity (Wildman–Crippen MR) is 117 cm³/mol. The van der Waals surface area contributed by atoms with E-state index < -0.39 is 18.0 Å². The molecule has 1 aliphatic heterocycles. The van der Waals surface area contributed by atoms with Crippen LogP contribution in [0.3, 0.4) is 0 Å². The number of nitrogens with zero attached hydrogens (tertiary/aromatic N) is 3. The molecule has 1 saturated heterocycles. The van der Waals surface area contributed by atoms with Gasteiger partial charge in [-0.25, -0.2) is 4.79 Å². The van der Waals surface area contributed by atoms with Crippen LogP contribution in [0.5, 0.6) is 0 Å². The fourth-order valence-corrected chi connectivity index (χ4v) is 3.85. The molecular formula is C23H28N4O4. The van der Waals surface area contributed by atoms with Crippen LogP contribution in [-0.4, -0.2) is 65.0 Å². The van der Waals surface area contributed by atoms with E-state index in [-0.39, 0.29) is 25.3 Å². The maximum Gasteiger partial charge on any atom is 0.407 e. The molecule has 31 heavy (non-hydrogen) atoms. The number of carbonyl (C=O) groups excluding carboxylic acids is 2. The molecule has 2 aromatic carbocycles. The number of primary amides is 1. The molecule has 3 rings (SSSR count). The van der Waals surface area contributed by atoms with E-state index in [0.29, 0.717) is 31.9 Å². The van der Waals surface area contributed by atoms with Crippen molar-refractivity contribution in [3.8, 4) is 0 Å². The Hall–Kier alpha value is -3.39. The fraction of sp³-hybridized carbons (Fsp3) is 0.348. The molecule has 1 fully saturated rings. The molecule has 0 spiro atoms. The molecule has 1 atom stereocenters. The van der Waals surface area contributed by atoms with Crippen molar-refractivity contribution in [3.63, 3.8) is 0 Å². The number of anilines is 1. The maximum absolute atomic E-state index is 12.9. The average Bonchev–Trinajstić information content (AvgIpc) is 2.77. The van der Waals surface area contributed by atoms with Crippen molar-refractivity contribution in [2.45, 2.75) is 25.4 Å². The number of rotatable bonds is 8. The summed E-state index contributed by atoms with van der Waals surface area (Å²) in [5.41, 5.74) is 7.04. The lowest BCUT2D eigenvalue weighted by Gasteiger charge is -2.42. The highest BCUT2D eigenvalue weighted by Gasteiger charge is 2.33. The van der Waals surface area contributed by atoms with Crippen molar-refractivity contribution in [2.75, 3.05) is 31.1 Å². The van der Waals surface area contributed by atoms with Crippen molar-refractivity contribution < 1.29 is 19.5 Å². The summed E-state index contributed by atoms with van der Waals surface area (Å²) < 4.78 is 0. The third-order valence-corrected chi connectivity index (χ3v) is 5.41. The molecule has 2 aromatic rings. The molecule has 164 valence electrons.